The molecule has 0 aliphatic carbocycles. The van der Waals surface area contributed by atoms with E-state index < -0.39 is 0 Å². The highest BCUT2D eigenvalue weighted by Gasteiger charge is 2.31. The van der Waals surface area contributed by atoms with Gasteiger partial charge in [-0.25, -0.2) is 4.98 Å². The Labute approximate surface area is 124 Å². The molecule has 3 rings (SSSR count). The summed E-state index contributed by atoms with van der Waals surface area (Å²) in [5.41, 5.74) is 2.13. The van der Waals surface area contributed by atoms with Crippen molar-refractivity contribution in [2.75, 3.05) is 6.54 Å². The van der Waals surface area contributed by atoms with Gasteiger partial charge < -0.3 is 9.88 Å². The van der Waals surface area contributed by atoms with Gasteiger partial charge in [-0.2, -0.15) is 5.10 Å². The van der Waals surface area contributed by atoms with Gasteiger partial charge in [-0.15, -0.1) is 0 Å². The zero-order chi connectivity index (χ0) is 14.8. The molecule has 1 aliphatic rings. The van der Waals surface area contributed by atoms with Crippen LogP contribution in [0.15, 0.2) is 18.5 Å². The Balaban J connectivity index is 1.65. The fraction of sp³-hybridized carbons (Fsp3) is 0.533. The number of hydrogen-bond acceptors (Lipinski definition) is 3. The highest BCUT2D eigenvalue weighted by molar-refractivity contribution is 5.77. The van der Waals surface area contributed by atoms with E-state index in [2.05, 4.69) is 15.1 Å². The first-order chi connectivity index (χ1) is 10.1. The highest BCUT2D eigenvalue weighted by Crippen LogP contribution is 2.30. The molecule has 1 saturated heterocycles. The van der Waals surface area contributed by atoms with E-state index in [0.717, 1.165) is 43.0 Å². The quantitative estimate of drug-likeness (QED) is 0.931. The number of H-pyrrole nitrogens is 1. The Morgan fingerprint density at radius 3 is 3.05 bits per heavy atom. The Morgan fingerprint density at radius 1 is 1.52 bits per heavy atom. The molecule has 0 bridgehead atoms. The number of aromatic amines is 1. The zero-order valence-corrected chi connectivity index (χ0v) is 12.5. The van der Waals surface area contributed by atoms with Crippen LogP contribution in [0.1, 0.15) is 42.5 Å². The standard InChI is InChI=1S/C15H21N5O/c1-11-10-16-15(18-11)13-4-3-9-20(13)14(21)6-5-12-7-8-17-19(12)2/h7-8,10,13H,3-6,9H2,1-2H3,(H,16,18)/t13-/m0/s1. The summed E-state index contributed by atoms with van der Waals surface area (Å²) in [4.78, 5) is 22.1. The van der Waals surface area contributed by atoms with E-state index in [1.54, 1.807) is 6.20 Å². The molecule has 0 radical (unpaired) electrons. The number of hydrogen-bond donors (Lipinski definition) is 1. The van der Waals surface area contributed by atoms with E-state index >= 15 is 0 Å². The maximum absolute atomic E-state index is 12.5. The minimum absolute atomic E-state index is 0.109. The zero-order valence-electron chi connectivity index (χ0n) is 12.5. The van der Waals surface area contributed by atoms with Crippen molar-refractivity contribution in [2.45, 2.75) is 38.6 Å². The molecule has 1 amide bonds. The summed E-state index contributed by atoms with van der Waals surface area (Å²) in [6.07, 6.45) is 6.88. The first-order valence-electron chi connectivity index (χ1n) is 7.43. The molecule has 0 spiro atoms. The summed E-state index contributed by atoms with van der Waals surface area (Å²) in [7, 11) is 1.91. The van der Waals surface area contributed by atoms with Crippen LogP contribution in [0.5, 0.6) is 0 Å². The van der Waals surface area contributed by atoms with Crippen LogP contribution in [0.2, 0.25) is 0 Å². The molecule has 6 nitrogen and oxygen atoms in total. The van der Waals surface area contributed by atoms with Gasteiger partial charge in [-0.3, -0.25) is 9.48 Å². The number of nitrogens with zero attached hydrogens (tertiary/aromatic N) is 4. The summed E-state index contributed by atoms with van der Waals surface area (Å²) < 4.78 is 1.82. The van der Waals surface area contributed by atoms with E-state index in [4.69, 9.17) is 0 Å². The van der Waals surface area contributed by atoms with E-state index in [1.807, 2.05) is 35.8 Å². The lowest BCUT2D eigenvalue weighted by Gasteiger charge is -2.23. The van der Waals surface area contributed by atoms with E-state index in [0.29, 0.717) is 6.42 Å². The monoisotopic (exact) mass is 287 g/mol. The molecule has 112 valence electrons. The van der Waals surface area contributed by atoms with Gasteiger partial charge in [0.05, 0.1) is 6.04 Å². The molecular weight excluding hydrogens is 266 g/mol. The summed E-state index contributed by atoms with van der Waals surface area (Å²) in [5, 5.41) is 4.13. The predicted octanol–water partition coefficient (Wildman–Crippen LogP) is 1.75. The van der Waals surface area contributed by atoms with Crippen molar-refractivity contribution in [1.82, 2.24) is 24.6 Å². The van der Waals surface area contributed by atoms with Crippen LogP contribution in [-0.2, 0) is 18.3 Å². The van der Waals surface area contributed by atoms with Crippen molar-refractivity contribution in [3.63, 3.8) is 0 Å². The normalized spacial score (nSPS) is 18.4. The van der Waals surface area contributed by atoms with Gasteiger partial charge in [0.1, 0.15) is 5.82 Å². The summed E-state index contributed by atoms with van der Waals surface area (Å²) in [6, 6.07) is 2.07. The van der Waals surface area contributed by atoms with E-state index in [-0.39, 0.29) is 11.9 Å². The van der Waals surface area contributed by atoms with Crippen LogP contribution < -0.4 is 0 Å². The lowest BCUT2D eigenvalue weighted by atomic mass is 10.2. The van der Waals surface area contributed by atoms with Crippen LogP contribution >= 0.6 is 0 Å². The molecule has 6 heteroatoms. The van der Waals surface area contributed by atoms with E-state index in [9.17, 15) is 4.79 Å². The number of likely N-dealkylation sites (tertiary alicyclic amines) is 1. The summed E-state index contributed by atoms with van der Waals surface area (Å²) in [5.74, 6) is 1.12. The number of rotatable bonds is 4. The number of aryl methyl sites for hydroxylation is 3. The molecule has 0 saturated carbocycles. The van der Waals surface area contributed by atoms with Gasteiger partial charge in [-0.1, -0.05) is 0 Å². The maximum Gasteiger partial charge on any atom is 0.223 e. The molecule has 0 unspecified atom stereocenters. The first kappa shape index (κ1) is 13.9. The number of carbonyl (C=O) groups excluding carboxylic acids is 1. The number of aromatic nitrogens is 4. The maximum atomic E-state index is 12.5. The number of carbonyl (C=O) groups is 1. The van der Waals surface area contributed by atoms with Gasteiger partial charge in [-0.05, 0) is 32.3 Å². The van der Waals surface area contributed by atoms with Gasteiger partial charge in [0.25, 0.3) is 0 Å². The second kappa shape index (κ2) is 5.71. The van der Waals surface area contributed by atoms with E-state index in [1.165, 1.54) is 0 Å². The number of imidazole rings is 1. The first-order valence-corrected chi connectivity index (χ1v) is 7.43. The highest BCUT2D eigenvalue weighted by atomic mass is 16.2. The smallest absolute Gasteiger partial charge is 0.223 e. The third-order valence-electron chi connectivity index (χ3n) is 4.13. The van der Waals surface area contributed by atoms with Crippen molar-refractivity contribution in [3.05, 3.63) is 35.7 Å². The van der Waals surface area contributed by atoms with Crippen molar-refractivity contribution in [1.29, 1.82) is 0 Å². The largest absolute Gasteiger partial charge is 0.344 e. The molecular formula is C15H21N5O. The topological polar surface area (TPSA) is 66.8 Å². The van der Waals surface area contributed by atoms with Gasteiger partial charge >= 0.3 is 0 Å². The van der Waals surface area contributed by atoms with Crippen molar-refractivity contribution < 1.29 is 4.79 Å². The fourth-order valence-electron chi connectivity index (χ4n) is 2.98. The molecule has 2 aromatic rings. The molecule has 1 aliphatic heterocycles. The molecule has 1 N–H and O–H groups in total. The molecule has 21 heavy (non-hydrogen) atoms. The SMILES string of the molecule is Cc1cnc([C@@H]2CCCN2C(=O)CCc2ccnn2C)[nH]1. The lowest BCUT2D eigenvalue weighted by molar-refractivity contribution is -0.132. The number of nitrogens with one attached hydrogen (secondary N) is 1. The Morgan fingerprint density at radius 2 is 2.38 bits per heavy atom. The third kappa shape index (κ3) is 2.84. The van der Waals surface area contributed by atoms with Gasteiger partial charge in [0, 0.05) is 43.8 Å². The fourth-order valence-corrected chi connectivity index (χ4v) is 2.98. The van der Waals surface area contributed by atoms with Gasteiger partial charge in [0.15, 0.2) is 0 Å². The van der Waals surface area contributed by atoms with Crippen molar-refractivity contribution >= 4 is 5.91 Å². The summed E-state index contributed by atoms with van der Waals surface area (Å²) in [6.45, 7) is 2.81. The number of amides is 1. The minimum atomic E-state index is 0.109. The second-order valence-electron chi connectivity index (χ2n) is 5.64. The molecule has 1 fully saturated rings. The molecule has 1 atom stereocenters. The van der Waals surface area contributed by atoms with Crippen LogP contribution in [0.25, 0.3) is 0 Å². The average Bonchev–Trinajstić information content (AvgIpc) is 3.16. The van der Waals surface area contributed by atoms with Gasteiger partial charge in [0.2, 0.25) is 5.91 Å². The summed E-state index contributed by atoms with van der Waals surface area (Å²) >= 11 is 0. The predicted molar refractivity (Wildman–Crippen MR) is 78.5 cm³/mol. The molecule has 2 aromatic heterocycles. The lowest BCUT2D eigenvalue weighted by Crippen LogP contribution is -2.31. The second-order valence-corrected chi connectivity index (χ2v) is 5.64. The molecule has 0 aromatic carbocycles. The average molecular weight is 287 g/mol. The van der Waals surface area contributed by atoms with Crippen LogP contribution in [0, 0.1) is 6.92 Å². The minimum Gasteiger partial charge on any atom is -0.344 e. The third-order valence-corrected chi connectivity index (χ3v) is 4.13. The Kier molecular flexibility index (Phi) is 3.77. The Hall–Kier alpha value is -2.11. The van der Waals surface area contributed by atoms with Crippen LogP contribution in [0.3, 0.4) is 0 Å². The van der Waals surface area contributed by atoms with Crippen LogP contribution in [-0.4, -0.2) is 37.1 Å². The Bertz CT molecular complexity index is 630. The molecule has 3 heterocycles. The van der Waals surface area contributed by atoms with Crippen molar-refractivity contribution in [2.24, 2.45) is 7.05 Å². The van der Waals surface area contributed by atoms with Crippen LogP contribution in [0.4, 0.5) is 0 Å². The van der Waals surface area contributed by atoms with Crippen molar-refractivity contribution in [3.8, 4) is 0 Å².